The van der Waals surface area contributed by atoms with Gasteiger partial charge in [-0.2, -0.15) is 0 Å². The van der Waals surface area contributed by atoms with Gasteiger partial charge < -0.3 is 4.74 Å². The molecule has 0 bridgehead atoms. The molecule has 1 aliphatic rings. The van der Waals surface area contributed by atoms with E-state index in [1.54, 1.807) is 17.3 Å². The van der Waals surface area contributed by atoms with Gasteiger partial charge in [-0.05, 0) is 56.6 Å². The summed E-state index contributed by atoms with van der Waals surface area (Å²) >= 11 is 0. The Morgan fingerprint density at radius 2 is 1.81 bits per heavy atom. The number of amides is 1. The molecule has 0 radical (unpaired) electrons. The summed E-state index contributed by atoms with van der Waals surface area (Å²) in [5.41, 5.74) is 4.26. The monoisotopic (exact) mass is 431 g/mol. The average Bonchev–Trinajstić information content (AvgIpc) is 2.77. The summed E-state index contributed by atoms with van der Waals surface area (Å²) in [6, 6.07) is 11.9. The molecule has 0 N–H and O–H groups in total. The van der Waals surface area contributed by atoms with Crippen molar-refractivity contribution in [3.8, 4) is 5.75 Å². The number of nitrogens with zero attached hydrogens (tertiary/aromatic N) is 5. The highest BCUT2D eigenvalue weighted by Gasteiger charge is 2.28. The summed E-state index contributed by atoms with van der Waals surface area (Å²) in [6.07, 6.45) is 4.75. The van der Waals surface area contributed by atoms with Crippen molar-refractivity contribution in [1.82, 2.24) is 19.9 Å². The highest BCUT2D eigenvalue weighted by Crippen LogP contribution is 2.28. The lowest BCUT2D eigenvalue weighted by Gasteiger charge is -2.29. The van der Waals surface area contributed by atoms with Gasteiger partial charge in [0.2, 0.25) is 5.91 Å². The van der Waals surface area contributed by atoms with Gasteiger partial charge in [0.1, 0.15) is 24.0 Å². The number of rotatable bonds is 8. The Labute approximate surface area is 189 Å². The number of hydrogen-bond acceptors (Lipinski definition) is 6. The topological polar surface area (TPSA) is 71.5 Å². The molecule has 4 rings (SSSR count). The van der Waals surface area contributed by atoms with E-state index in [1.807, 2.05) is 57.3 Å². The van der Waals surface area contributed by atoms with Crippen molar-refractivity contribution >= 4 is 11.7 Å². The highest BCUT2D eigenvalue weighted by atomic mass is 16.5. The first-order valence-electron chi connectivity index (χ1n) is 10.9. The lowest BCUT2D eigenvalue weighted by atomic mass is 10.0. The molecule has 166 valence electrons. The lowest BCUT2D eigenvalue weighted by molar-refractivity contribution is -0.119. The standard InChI is InChI=1S/C25H29N5O2/c1-18-6-4-5-7-22(18)32-15-14-30-24(31)9-8-21-19(2)27-23(28-25(21)30)17-29(3)16-20-10-12-26-13-11-20/h4-7,10-13H,8-9,14-17H2,1-3H3. The van der Waals surface area contributed by atoms with Crippen molar-refractivity contribution in [1.29, 1.82) is 0 Å². The molecule has 1 aromatic carbocycles. The zero-order chi connectivity index (χ0) is 22.5. The van der Waals surface area contributed by atoms with Crippen LogP contribution in [0.3, 0.4) is 0 Å². The minimum atomic E-state index is 0.0834. The van der Waals surface area contributed by atoms with Crippen LogP contribution in [-0.2, 0) is 24.3 Å². The van der Waals surface area contributed by atoms with E-state index in [0.29, 0.717) is 32.5 Å². The van der Waals surface area contributed by atoms with Gasteiger partial charge in [0.05, 0.1) is 13.1 Å². The zero-order valence-corrected chi connectivity index (χ0v) is 18.9. The third-order valence-electron chi connectivity index (χ3n) is 5.66. The molecule has 0 saturated carbocycles. The van der Waals surface area contributed by atoms with Gasteiger partial charge in [-0.3, -0.25) is 19.6 Å². The summed E-state index contributed by atoms with van der Waals surface area (Å²) in [5, 5.41) is 0. The molecule has 0 spiro atoms. The smallest absolute Gasteiger partial charge is 0.228 e. The van der Waals surface area contributed by atoms with Gasteiger partial charge in [0.15, 0.2) is 0 Å². The van der Waals surface area contributed by atoms with E-state index in [4.69, 9.17) is 14.7 Å². The number of hydrogen-bond donors (Lipinski definition) is 0. The van der Waals surface area contributed by atoms with Crippen molar-refractivity contribution in [3.05, 3.63) is 77.0 Å². The number of para-hydroxylation sites is 1. The number of aromatic nitrogens is 3. The highest BCUT2D eigenvalue weighted by molar-refractivity contribution is 5.95. The number of benzene rings is 1. The summed E-state index contributed by atoms with van der Waals surface area (Å²) in [7, 11) is 2.04. The van der Waals surface area contributed by atoms with E-state index in [2.05, 4.69) is 9.88 Å². The van der Waals surface area contributed by atoms with Crippen LogP contribution in [0.2, 0.25) is 0 Å². The molecule has 7 nitrogen and oxygen atoms in total. The van der Waals surface area contributed by atoms with Crippen molar-refractivity contribution in [3.63, 3.8) is 0 Å². The van der Waals surface area contributed by atoms with E-state index in [-0.39, 0.29) is 5.91 Å². The van der Waals surface area contributed by atoms with Crippen molar-refractivity contribution in [2.24, 2.45) is 0 Å². The Morgan fingerprint density at radius 3 is 2.59 bits per heavy atom. The van der Waals surface area contributed by atoms with Crippen molar-refractivity contribution in [2.45, 2.75) is 39.8 Å². The van der Waals surface area contributed by atoms with Crippen LogP contribution in [0, 0.1) is 13.8 Å². The second kappa shape index (κ2) is 9.87. The van der Waals surface area contributed by atoms with Crippen LogP contribution in [0.25, 0.3) is 0 Å². The Hall–Kier alpha value is -3.32. The fraction of sp³-hybridized carbons (Fsp3) is 0.360. The van der Waals surface area contributed by atoms with E-state index < -0.39 is 0 Å². The number of fused-ring (bicyclic) bond motifs is 1. The minimum Gasteiger partial charge on any atom is -0.491 e. The van der Waals surface area contributed by atoms with Gasteiger partial charge in [0.25, 0.3) is 0 Å². The normalized spacial score (nSPS) is 13.4. The molecule has 0 atom stereocenters. The maximum atomic E-state index is 12.7. The maximum absolute atomic E-state index is 12.7. The van der Waals surface area contributed by atoms with Gasteiger partial charge in [0, 0.05) is 36.6 Å². The number of aryl methyl sites for hydroxylation is 2. The molecule has 0 aliphatic carbocycles. The third kappa shape index (κ3) is 5.11. The van der Waals surface area contributed by atoms with Gasteiger partial charge in [-0.15, -0.1) is 0 Å². The predicted molar refractivity (Wildman–Crippen MR) is 124 cm³/mol. The summed E-state index contributed by atoms with van der Waals surface area (Å²) < 4.78 is 5.94. The van der Waals surface area contributed by atoms with E-state index in [9.17, 15) is 4.79 Å². The summed E-state index contributed by atoms with van der Waals surface area (Å²) in [6.45, 7) is 6.26. The van der Waals surface area contributed by atoms with Crippen LogP contribution in [0.15, 0.2) is 48.8 Å². The summed E-state index contributed by atoms with van der Waals surface area (Å²) in [5.74, 6) is 2.38. The first-order valence-corrected chi connectivity index (χ1v) is 10.9. The van der Waals surface area contributed by atoms with Crippen LogP contribution in [0.1, 0.15) is 34.6 Å². The first kappa shape index (κ1) is 21.9. The Bertz CT molecular complexity index is 1090. The largest absolute Gasteiger partial charge is 0.491 e. The molecule has 3 aromatic rings. The molecule has 7 heteroatoms. The van der Waals surface area contributed by atoms with Crippen molar-refractivity contribution in [2.75, 3.05) is 25.1 Å². The zero-order valence-electron chi connectivity index (χ0n) is 18.9. The predicted octanol–water partition coefficient (Wildman–Crippen LogP) is 3.48. The second-order valence-corrected chi connectivity index (χ2v) is 8.21. The number of carbonyl (C=O) groups excluding carboxylic acids is 1. The SMILES string of the molecule is Cc1ccccc1OCCN1C(=O)CCc2c(C)nc(CN(C)Cc3ccncc3)nc21. The van der Waals surface area contributed by atoms with Crippen LogP contribution in [-0.4, -0.2) is 46.0 Å². The third-order valence-corrected chi connectivity index (χ3v) is 5.66. The second-order valence-electron chi connectivity index (χ2n) is 8.21. The molecule has 0 unspecified atom stereocenters. The van der Waals surface area contributed by atoms with Gasteiger partial charge in [-0.1, -0.05) is 18.2 Å². The maximum Gasteiger partial charge on any atom is 0.228 e. The molecular weight excluding hydrogens is 402 g/mol. The molecule has 0 fully saturated rings. The minimum absolute atomic E-state index is 0.0834. The molecule has 1 amide bonds. The number of pyridine rings is 1. The Morgan fingerprint density at radius 1 is 1.03 bits per heavy atom. The van der Waals surface area contributed by atoms with Gasteiger partial charge in [-0.25, -0.2) is 9.97 Å². The van der Waals surface area contributed by atoms with E-state index in [0.717, 1.165) is 40.8 Å². The molecule has 32 heavy (non-hydrogen) atoms. The Balaban J connectivity index is 1.48. The van der Waals surface area contributed by atoms with Crippen molar-refractivity contribution < 1.29 is 9.53 Å². The van der Waals surface area contributed by atoms with Crippen LogP contribution in [0.4, 0.5) is 5.82 Å². The van der Waals surface area contributed by atoms with E-state index >= 15 is 0 Å². The van der Waals surface area contributed by atoms with Crippen LogP contribution < -0.4 is 9.64 Å². The van der Waals surface area contributed by atoms with Gasteiger partial charge >= 0.3 is 0 Å². The fourth-order valence-corrected chi connectivity index (χ4v) is 4.00. The average molecular weight is 432 g/mol. The number of carbonyl (C=O) groups is 1. The fourth-order valence-electron chi connectivity index (χ4n) is 4.00. The summed E-state index contributed by atoms with van der Waals surface area (Å²) in [4.78, 5) is 30.3. The number of ether oxygens (including phenoxy) is 1. The van der Waals surface area contributed by atoms with Crippen LogP contribution in [0.5, 0.6) is 5.75 Å². The lowest BCUT2D eigenvalue weighted by Crippen LogP contribution is -2.39. The molecule has 3 heterocycles. The quantitative estimate of drug-likeness (QED) is 0.544. The molecule has 1 aliphatic heterocycles. The molecular formula is C25H29N5O2. The Kier molecular flexibility index (Phi) is 6.75. The molecule has 2 aromatic heterocycles. The molecule has 0 saturated heterocycles. The first-order chi connectivity index (χ1) is 15.5. The van der Waals surface area contributed by atoms with Crippen LogP contribution >= 0.6 is 0 Å². The number of anilines is 1. The van der Waals surface area contributed by atoms with E-state index in [1.165, 1.54) is 5.56 Å².